The lowest BCUT2D eigenvalue weighted by Crippen LogP contribution is -2.01. The van der Waals surface area contributed by atoms with Crippen LogP contribution in [0.15, 0.2) is 120 Å². The molecule has 9 aromatic rings. The molecule has 0 bridgehead atoms. The Labute approximate surface area is 226 Å². The van der Waals surface area contributed by atoms with E-state index in [1.807, 2.05) is 30.3 Å². The van der Waals surface area contributed by atoms with Crippen LogP contribution in [0.25, 0.3) is 81.3 Å². The van der Waals surface area contributed by atoms with Gasteiger partial charge in [-0.1, -0.05) is 84.9 Å². The number of nitrogens with zero attached hydrogens (tertiary/aromatic N) is 3. The average Bonchev–Trinajstić information content (AvgIpc) is 3.65. The van der Waals surface area contributed by atoms with Crippen molar-refractivity contribution in [3.05, 3.63) is 115 Å². The SMILES string of the molecule is c1ccc(-c2nc(-n3c4ccccc4c4cc5c(cc43)oc3ccccc35)c3c(n2)sc2ccccc23)cc1. The van der Waals surface area contributed by atoms with Crippen LogP contribution in [0.5, 0.6) is 0 Å². The van der Waals surface area contributed by atoms with E-state index in [1.54, 1.807) is 11.3 Å². The van der Waals surface area contributed by atoms with E-state index in [2.05, 4.69) is 89.5 Å². The van der Waals surface area contributed by atoms with Crippen molar-refractivity contribution in [2.24, 2.45) is 0 Å². The molecule has 0 aliphatic carbocycles. The molecule has 0 unspecified atom stereocenters. The Bertz CT molecular complexity index is 2400. The molecule has 0 saturated heterocycles. The molecule has 0 N–H and O–H groups in total. The van der Waals surface area contributed by atoms with Crippen molar-refractivity contribution in [2.75, 3.05) is 0 Å². The van der Waals surface area contributed by atoms with Gasteiger partial charge in [-0.25, -0.2) is 9.97 Å². The van der Waals surface area contributed by atoms with Gasteiger partial charge in [-0.2, -0.15) is 0 Å². The van der Waals surface area contributed by atoms with Crippen molar-refractivity contribution in [3.8, 4) is 17.2 Å². The van der Waals surface area contributed by atoms with Gasteiger partial charge in [-0.05, 0) is 24.3 Å². The van der Waals surface area contributed by atoms with Gasteiger partial charge in [0, 0.05) is 43.3 Å². The van der Waals surface area contributed by atoms with Crippen LogP contribution in [-0.4, -0.2) is 14.5 Å². The van der Waals surface area contributed by atoms with Crippen LogP contribution < -0.4 is 0 Å². The summed E-state index contributed by atoms with van der Waals surface area (Å²) >= 11 is 1.72. The topological polar surface area (TPSA) is 43.9 Å². The maximum absolute atomic E-state index is 6.34. The summed E-state index contributed by atoms with van der Waals surface area (Å²) in [6.07, 6.45) is 0. The summed E-state index contributed by atoms with van der Waals surface area (Å²) in [5.41, 5.74) is 4.95. The summed E-state index contributed by atoms with van der Waals surface area (Å²) < 4.78 is 9.84. The third kappa shape index (κ3) is 2.93. The van der Waals surface area contributed by atoms with Crippen molar-refractivity contribution in [1.82, 2.24) is 14.5 Å². The zero-order valence-electron chi connectivity index (χ0n) is 20.6. The first-order chi connectivity index (χ1) is 19.3. The van der Waals surface area contributed by atoms with Crippen LogP contribution in [0.2, 0.25) is 0 Å². The number of thiophene rings is 1. The molecule has 0 aliphatic rings. The second-order valence-electron chi connectivity index (χ2n) is 9.83. The third-order valence-electron chi connectivity index (χ3n) is 7.63. The highest BCUT2D eigenvalue weighted by Crippen LogP contribution is 2.42. The zero-order chi connectivity index (χ0) is 25.5. The van der Waals surface area contributed by atoms with E-state index in [4.69, 9.17) is 14.4 Å². The van der Waals surface area contributed by atoms with Crippen LogP contribution in [0.1, 0.15) is 0 Å². The summed E-state index contributed by atoms with van der Waals surface area (Å²) in [4.78, 5) is 11.3. The van der Waals surface area contributed by atoms with Crippen LogP contribution in [0, 0.1) is 0 Å². The number of fused-ring (bicyclic) bond motifs is 9. The first kappa shape index (κ1) is 21.0. The van der Waals surface area contributed by atoms with E-state index in [0.29, 0.717) is 0 Å². The van der Waals surface area contributed by atoms with Crippen molar-refractivity contribution in [3.63, 3.8) is 0 Å². The van der Waals surface area contributed by atoms with Gasteiger partial charge in [0.1, 0.15) is 16.0 Å². The van der Waals surface area contributed by atoms with Crippen molar-refractivity contribution < 1.29 is 4.42 Å². The number of para-hydroxylation sites is 2. The predicted molar refractivity (Wildman–Crippen MR) is 162 cm³/mol. The monoisotopic (exact) mass is 517 g/mol. The van der Waals surface area contributed by atoms with E-state index in [1.165, 1.54) is 20.9 Å². The van der Waals surface area contributed by atoms with Gasteiger partial charge in [0.05, 0.1) is 16.4 Å². The first-order valence-electron chi connectivity index (χ1n) is 12.9. The second kappa shape index (κ2) is 7.76. The Morgan fingerprint density at radius 2 is 1.31 bits per heavy atom. The van der Waals surface area contributed by atoms with Gasteiger partial charge in [-0.3, -0.25) is 4.57 Å². The largest absolute Gasteiger partial charge is 0.456 e. The van der Waals surface area contributed by atoms with E-state index in [-0.39, 0.29) is 0 Å². The summed E-state index contributed by atoms with van der Waals surface area (Å²) in [6, 6.07) is 40.0. The van der Waals surface area contributed by atoms with Crippen molar-refractivity contribution in [2.45, 2.75) is 0 Å². The van der Waals surface area contributed by atoms with E-state index in [0.717, 1.165) is 60.4 Å². The normalized spacial score (nSPS) is 12.1. The smallest absolute Gasteiger partial charge is 0.163 e. The van der Waals surface area contributed by atoms with E-state index in [9.17, 15) is 0 Å². The van der Waals surface area contributed by atoms with Crippen molar-refractivity contribution in [1.29, 1.82) is 0 Å². The van der Waals surface area contributed by atoms with Crippen LogP contribution >= 0.6 is 11.3 Å². The Morgan fingerprint density at radius 1 is 0.564 bits per heavy atom. The number of aromatic nitrogens is 3. The molecule has 5 heteroatoms. The standard InChI is InChI=1S/C34H19N3OS/c1-2-10-20(11-3-1)32-35-33(31-23-14-6-9-17-30(23)39-34(31)36-32)37-26-15-7-4-12-21(26)24-18-25-22-13-5-8-16-28(22)38-29(25)19-27(24)37/h1-19H. The molecular formula is C34H19N3OS. The van der Waals surface area contributed by atoms with Crippen LogP contribution in [0.4, 0.5) is 0 Å². The van der Waals surface area contributed by atoms with E-state index >= 15 is 0 Å². The number of hydrogen-bond donors (Lipinski definition) is 0. The van der Waals surface area contributed by atoms with Gasteiger partial charge in [0.25, 0.3) is 0 Å². The minimum atomic E-state index is 0.723. The molecule has 182 valence electrons. The summed E-state index contributed by atoms with van der Waals surface area (Å²) in [6.45, 7) is 0. The highest BCUT2D eigenvalue weighted by molar-refractivity contribution is 7.25. The molecule has 4 aromatic heterocycles. The predicted octanol–water partition coefficient (Wildman–Crippen LogP) is 9.51. The minimum Gasteiger partial charge on any atom is -0.456 e. The van der Waals surface area contributed by atoms with Crippen LogP contribution in [0.3, 0.4) is 0 Å². The summed E-state index contributed by atoms with van der Waals surface area (Å²) in [5, 5.41) is 6.86. The first-order valence-corrected chi connectivity index (χ1v) is 13.7. The highest BCUT2D eigenvalue weighted by Gasteiger charge is 2.22. The third-order valence-corrected chi connectivity index (χ3v) is 8.70. The lowest BCUT2D eigenvalue weighted by atomic mass is 10.1. The number of benzene rings is 5. The molecule has 0 aliphatic heterocycles. The maximum Gasteiger partial charge on any atom is 0.163 e. The molecule has 0 spiro atoms. The molecule has 4 heterocycles. The maximum atomic E-state index is 6.34. The Balaban J connectivity index is 1.48. The Kier molecular flexibility index (Phi) is 4.18. The molecule has 39 heavy (non-hydrogen) atoms. The number of rotatable bonds is 2. The van der Waals surface area contributed by atoms with Gasteiger partial charge < -0.3 is 4.42 Å². The summed E-state index contributed by atoms with van der Waals surface area (Å²) in [7, 11) is 0. The summed E-state index contributed by atoms with van der Waals surface area (Å²) in [5.74, 6) is 1.61. The van der Waals surface area contributed by atoms with Gasteiger partial charge in [-0.15, -0.1) is 11.3 Å². The minimum absolute atomic E-state index is 0.723. The number of hydrogen-bond acceptors (Lipinski definition) is 4. The number of furan rings is 1. The Hall–Kier alpha value is -5.00. The van der Waals surface area contributed by atoms with Gasteiger partial charge in [0.15, 0.2) is 11.6 Å². The fourth-order valence-corrected chi connectivity index (χ4v) is 6.97. The lowest BCUT2D eigenvalue weighted by Gasteiger charge is -2.11. The molecule has 9 rings (SSSR count). The van der Waals surface area contributed by atoms with E-state index < -0.39 is 0 Å². The quantitative estimate of drug-likeness (QED) is 0.229. The second-order valence-corrected chi connectivity index (χ2v) is 10.9. The van der Waals surface area contributed by atoms with Gasteiger partial charge >= 0.3 is 0 Å². The molecule has 5 aromatic carbocycles. The highest BCUT2D eigenvalue weighted by atomic mass is 32.1. The molecule has 4 nitrogen and oxygen atoms in total. The molecule has 0 atom stereocenters. The molecule has 0 fully saturated rings. The fraction of sp³-hybridized carbons (Fsp3) is 0. The fourth-order valence-electron chi connectivity index (χ4n) is 5.90. The zero-order valence-corrected chi connectivity index (χ0v) is 21.4. The van der Waals surface area contributed by atoms with Crippen LogP contribution in [-0.2, 0) is 0 Å². The Morgan fingerprint density at radius 3 is 2.21 bits per heavy atom. The molecule has 0 radical (unpaired) electrons. The molecule has 0 amide bonds. The average molecular weight is 518 g/mol. The molecule has 0 saturated carbocycles. The lowest BCUT2D eigenvalue weighted by molar-refractivity contribution is 0.669. The van der Waals surface area contributed by atoms with Crippen molar-refractivity contribution >= 4 is 75.4 Å². The van der Waals surface area contributed by atoms with Gasteiger partial charge in [0.2, 0.25) is 0 Å². The molecular weight excluding hydrogens is 498 g/mol.